The van der Waals surface area contributed by atoms with Crippen LogP contribution in [0, 0.1) is 0 Å². The second kappa shape index (κ2) is 7.50. The molecule has 7 nitrogen and oxygen atoms in total. The molecule has 2 aromatic heterocycles. The first-order valence-corrected chi connectivity index (χ1v) is 9.48. The molecule has 4 rings (SSSR count). The van der Waals surface area contributed by atoms with Crippen LogP contribution in [0.3, 0.4) is 0 Å². The third-order valence-corrected chi connectivity index (χ3v) is 5.29. The Morgan fingerprint density at radius 3 is 2.64 bits per heavy atom. The molecule has 0 N–H and O–H groups in total. The van der Waals surface area contributed by atoms with E-state index < -0.39 is 0 Å². The summed E-state index contributed by atoms with van der Waals surface area (Å²) >= 11 is 0. The summed E-state index contributed by atoms with van der Waals surface area (Å²) in [5, 5.41) is 0. The molecule has 1 amide bonds. The molecule has 1 atom stereocenters. The SMILES string of the molecule is CCn1c(C2CCN(C(=O)c3cc(OC)cc(OC)c3)C2)nc2cccnc21. The highest BCUT2D eigenvalue weighted by molar-refractivity contribution is 5.95. The zero-order valence-electron chi connectivity index (χ0n) is 16.4. The van der Waals surface area contributed by atoms with Gasteiger partial charge in [0, 0.05) is 43.4 Å². The first-order valence-electron chi connectivity index (χ1n) is 9.48. The van der Waals surface area contributed by atoms with Crippen molar-refractivity contribution in [1.82, 2.24) is 19.4 Å². The summed E-state index contributed by atoms with van der Waals surface area (Å²) in [7, 11) is 3.16. The van der Waals surface area contributed by atoms with E-state index in [9.17, 15) is 4.79 Å². The summed E-state index contributed by atoms with van der Waals surface area (Å²) < 4.78 is 12.7. The number of rotatable bonds is 5. The zero-order chi connectivity index (χ0) is 19.7. The Bertz CT molecular complexity index is 992. The number of likely N-dealkylation sites (tertiary alicyclic amines) is 1. The average Bonchev–Trinajstić information content (AvgIpc) is 3.37. The number of carbonyl (C=O) groups excluding carboxylic acids is 1. The maximum atomic E-state index is 13.1. The van der Waals surface area contributed by atoms with Gasteiger partial charge in [0.1, 0.15) is 22.8 Å². The molecule has 1 unspecified atom stereocenters. The molecule has 1 aromatic carbocycles. The Balaban J connectivity index is 1.59. The molecule has 3 aromatic rings. The Labute approximate surface area is 163 Å². The van der Waals surface area contributed by atoms with Crippen molar-refractivity contribution in [2.24, 2.45) is 0 Å². The minimum atomic E-state index is -0.0167. The Hall–Kier alpha value is -3.09. The second-order valence-electron chi connectivity index (χ2n) is 6.90. The fourth-order valence-electron chi connectivity index (χ4n) is 3.87. The molecule has 146 valence electrons. The van der Waals surface area contributed by atoms with Gasteiger partial charge in [0.15, 0.2) is 5.65 Å². The van der Waals surface area contributed by atoms with Gasteiger partial charge in [-0.1, -0.05) is 0 Å². The maximum absolute atomic E-state index is 13.1. The predicted molar refractivity (Wildman–Crippen MR) is 106 cm³/mol. The lowest BCUT2D eigenvalue weighted by molar-refractivity contribution is 0.0789. The number of hydrogen-bond acceptors (Lipinski definition) is 5. The smallest absolute Gasteiger partial charge is 0.254 e. The van der Waals surface area contributed by atoms with E-state index in [1.54, 1.807) is 38.6 Å². The standard InChI is InChI=1S/C21H24N4O3/c1-4-25-19(23-18-6-5-8-22-20(18)25)14-7-9-24(13-14)21(26)15-10-16(27-2)12-17(11-15)28-3/h5-6,8,10-12,14H,4,7,9,13H2,1-3H3. The molecule has 0 spiro atoms. The predicted octanol–water partition coefficient (Wildman–Crippen LogP) is 3.10. The summed E-state index contributed by atoms with van der Waals surface area (Å²) in [5.74, 6) is 2.41. The molecule has 28 heavy (non-hydrogen) atoms. The number of ether oxygens (including phenoxy) is 2. The van der Waals surface area contributed by atoms with Crippen molar-refractivity contribution in [2.45, 2.75) is 25.8 Å². The highest BCUT2D eigenvalue weighted by Crippen LogP contribution is 2.31. The van der Waals surface area contributed by atoms with Gasteiger partial charge in [0.2, 0.25) is 0 Å². The van der Waals surface area contributed by atoms with Crippen LogP contribution in [0.5, 0.6) is 11.5 Å². The van der Waals surface area contributed by atoms with Crippen LogP contribution in [-0.4, -0.2) is 52.7 Å². The molecule has 0 aliphatic carbocycles. The zero-order valence-corrected chi connectivity index (χ0v) is 16.4. The van der Waals surface area contributed by atoms with E-state index in [2.05, 4.69) is 16.5 Å². The minimum Gasteiger partial charge on any atom is -0.497 e. The van der Waals surface area contributed by atoms with Crippen LogP contribution in [0.25, 0.3) is 11.2 Å². The van der Waals surface area contributed by atoms with Gasteiger partial charge in [-0.2, -0.15) is 0 Å². The molecule has 0 bridgehead atoms. The van der Waals surface area contributed by atoms with Crippen LogP contribution >= 0.6 is 0 Å². The molecular weight excluding hydrogens is 356 g/mol. The summed E-state index contributed by atoms with van der Waals surface area (Å²) in [4.78, 5) is 24.2. The van der Waals surface area contributed by atoms with E-state index in [-0.39, 0.29) is 11.8 Å². The van der Waals surface area contributed by atoms with E-state index in [0.29, 0.717) is 30.2 Å². The molecule has 0 radical (unpaired) electrons. The second-order valence-corrected chi connectivity index (χ2v) is 6.90. The van der Waals surface area contributed by atoms with E-state index >= 15 is 0 Å². The fraction of sp³-hybridized carbons (Fsp3) is 0.381. The van der Waals surface area contributed by atoms with E-state index in [0.717, 1.165) is 30.0 Å². The van der Waals surface area contributed by atoms with Crippen molar-refractivity contribution in [3.8, 4) is 11.5 Å². The van der Waals surface area contributed by atoms with Gasteiger partial charge < -0.3 is 18.9 Å². The number of hydrogen-bond donors (Lipinski definition) is 0. The average molecular weight is 380 g/mol. The highest BCUT2D eigenvalue weighted by atomic mass is 16.5. The van der Waals surface area contributed by atoms with Crippen LogP contribution < -0.4 is 9.47 Å². The number of imidazole rings is 1. The van der Waals surface area contributed by atoms with Crippen LogP contribution in [0.2, 0.25) is 0 Å². The van der Waals surface area contributed by atoms with Gasteiger partial charge in [0.05, 0.1) is 14.2 Å². The Morgan fingerprint density at radius 2 is 1.96 bits per heavy atom. The minimum absolute atomic E-state index is 0.0167. The van der Waals surface area contributed by atoms with Crippen LogP contribution in [-0.2, 0) is 6.54 Å². The van der Waals surface area contributed by atoms with E-state index in [1.165, 1.54) is 0 Å². The van der Waals surface area contributed by atoms with Gasteiger partial charge in [-0.05, 0) is 37.6 Å². The summed E-state index contributed by atoms with van der Waals surface area (Å²) in [5.41, 5.74) is 2.38. The fourth-order valence-corrected chi connectivity index (χ4v) is 3.87. The maximum Gasteiger partial charge on any atom is 0.254 e. The number of benzene rings is 1. The summed E-state index contributed by atoms with van der Waals surface area (Å²) in [6.45, 7) is 4.24. The number of aryl methyl sites for hydroxylation is 1. The number of amides is 1. The Morgan fingerprint density at radius 1 is 1.21 bits per heavy atom. The molecular formula is C21H24N4O3. The lowest BCUT2D eigenvalue weighted by Gasteiger charge is -2.18. The van der Waals surface area contributed by atoms with Gasteiger partial charge in [-0.15, -0.1) is 0 Å². The molecule has 1 fully saturated rings. The monoisotopic (exact) mass is 380 g/mol. The quantitative estimate of drug-likeness (QED) is 0.680. The topological polar surface area (TPSA) is 69.5 Å². The van der Waals surface area contributed by atoms with Gasteiger partial charge in [-0.3, -0.25) is 4.79 Å². The van der Waals surface area contributed by atoms with Crippen LogP contribution in [0.4, 0.5) is 0 Å². The van der Waals surface area contributed by atoms with Crippen molar-refractivity contribution < 1.29 is 14.3 Å². The number of pyridine rings is 1. The summed E-state index contributed by atoms with van der Waals surface area (Å²) in [6.07, 6.45) is 2.68. The number of aromatic nitrogens is 3. The van der Waals surface area contributed by atoms with Gasteiger partial charge in [-0.25, -0.2) is 9.97 Å². The highest BCUT2D eigenvalue weighted by Gasteiger charge is 2.31. The van der Waals surface area contributed by atoms with Crippen LogP contribution in [0.1, 0.15) is 35.4 Å². The lowest BCUT2D eigenvalue weighted by atomic mass is 10.1. The number of nitrogens with zero attached hydrogens (tertiary/aromatic N) is 4. The molecule has 1 aliphatic rings. The van der Waals surface area contributed by atoms with Crippen molar-refractivity contribution in [3.63, 3.8) is 0 Å². The van der Waals surface area contributed by atoms with Gasteiger partial charge in [0.25, 0.3) is 5.91 Å². The molecule has 1 saturated heterocycles. The van der Waals surface area contributed by atoms with Crippen molar-refractivity contribution in [3.05, 3.63) is 47.9 Å². The molecule has 7 heteroatoms. The van der Waals surface area contributed by atoms with Crippen LogP contribution in [0.15, 0.2) is 36.5 Å². The normalized spacial score (nSPS) is 16.5. The third-order valence-electron chi connectivity index (χ3n) is 5.29. The third kappa shape index (κ3) is 3.17. The van der Waals surface area contributed by atoms with Crippen molar-refractivity contribution in [2.75, 3.05) is 27.3 Å². The van der Waals surface area contributed by atoms with Crippen molar-refractivity contribution >= 4 is 17.1 Å². The molecule has 0 saturated carbocycles. The number of carbonyl (C=O) groups is 1. The van der Waals surface area contributed by atoms with Gasteiger partial charge >= 0.3 is 0 Å². The first-order chi connectivity index (χ1) is 13.6. The number of fused-ring (bicyclic) bond motifs is 1. The van der Waals surface area contributed by atoms with E-state index in [1.807, 2.05) is 17.0 Å². The number of methoxy groups -OCH3 is 2. The van der Waals surface area contributed by atoms with Crippen molar-refractivity contribution in [1.29, 1.82) is 0 Å². The Kier molecular flexibility index (Phi) is 4.90. The largest absolute Gasteiger partial charge is 0.497 e. The van der Waals surface area contributed by atoms with E-state index in [4.69, 9.17) is 14.5 Å². The summed E-state index contributed by atoms with van der Waals surface area (Å²) in [6, 6.07) is 9.16. The first kappa shape index (κ1) is 18.3. The lowest BCUT2D eigenvalue weighted by Crippen LogP contribution is -2.28. The molecule has 3 heterocycles. The molecule has 1 aliphatic heterocycles.